The molecule has 1 aliphatic rings. The number of fused-ring (bicyclic) bond motifs is 1. The van der Waals surface area contributed by atoms with E-state index in [4.69, 9.17) is 4.74 Å². The monoisotopic (exact) mass is 513 g/mol. The van der Waals surface area contributed by atoms with Crippen LogP contribution < -0.4 is 15.9 Å². The van der Waals surface area contributed by atoms with Crippen LogP contribution in [0.3, 0.4) is 0 Å². The molecule has 0 radical (unpaired) electrons. The number of hydrogen-bond acceptors (Lipinski definition) is 3. The average Bonchev–Trinajstić information content (AvgIpc) is 3.63. The van der Waals surface area contributed by atoms with E-state index < -0.39 is 11.6 Å². The van der Waals surface area contributed by atoms with E-state index >= 15 is 0 Å². The Morgan fingerprint density at radius 3 is 2.34 bits per heavy atom. The van der Waals surface area contributed by atoms with E-state index in [0.717, 1.165) is 30.0 Å². The summed E-state index contributed by atoms with van der Waals surface area (Å²) in [5.41, 5.74) is 2.90. The number of hydrogen-bond donors (Lipinski definition) is 1. The molecule has 0 bridgehead atoms. The van der Waals surface area contributed by atoms with Crippen LogP contribution in [0.4, 0.5) is 8.78 Å². The van der Waals surface area contributed by atoms with Crippen LogP contribution in [0.25, 0.3) is 33.3 Å². The number of aromatic amines is 1. The second-order valence-corrected chi connectivity index (χ2v) is 9.88. The maximum Gasteiger partial charge on any atom is 0.274 e. The van der Waals surface area contributed by atoms with Gasteiger partial charge in [0.25, 0.3) is 11.1 Å². The van der Waals surface area contributed by atoms with Gasteiger partial charge in [0.05, 0.1) is 6.20 Å². The summed E-state index contributed by atoms with van der Waals surface area (Å²) in [6, 6.07) is 13.0. The first-order chi connectivity index (χ1) is 18.2. The molecule has 1 saturated carbocycles. The van der Waals surface area contributed by atoms with Gasteiger partial charge in [-0.2, -0.15) is 0 Å². The third kappa shape index (κ3) is 3.93. The van der Waals surface area contributed by atoms with Gasteiger partial charge in [-0.05, 0) is 56.0 Å². The molecule has 1 N–H and O–H groups in total. The Morgan fingerprint density at radius 1 is 0.921 bits per heavy atom. The van der Waals surface area contributed by atoms with Crippen molar-refractivity contribution in [3.63, 3.8) is 0 Å². The lowest BCUT2D eigenvalue weighted by atomic mass is 10.0. The minimum absolute atomic E-state index is 0.00497. The Kier molecular flexibility index (Phi) is 5.56. The fraction of sp³-hybridized carbons (Fsp3) is 0.200. The van der Waals surface area contributed by atoms with Crippen LogP contribution in [0.15, 0.2) is 70.5 Å². The topological polar surface area (TPSA) is 69.0 Å². The van der Waals surface area contributed by atoms with Crippen molar-refractivity contribution < 1.29 is 13.5 Å². The van der Waals surface area contributed by atoms with Gasteiger partial charge in [-0.15, -0.1) is 0 Å². The van der Waals surface area contributed by atoms with Crippen LogP contribution in [-0.4, -0.2) is 14.1 Å². The summed E-state index contributed by atoms with van der Waals surface area (Å²) in [5, 5.41) is 0.474. The smallest absolute Gasteiger partial charge is 0.274 e. The van der Waals surface area contributed by atoms with Crippen molar-refractivity contribution >= 4 is 10.9 Å². The van der Waals surface area contributed by atoms with Gasteiger partial charge in [0.15, 0.2) is 17.4 Å². The molecule has 6 rings (SSSR count). The zero-order valence-corrected chi connectivity index (χ0v) is 21.1. The number of nitrogens with zero attached hydrogens (tertiary/aromatic N) is 2. The van der Waals surface area contributed by atoms with E-state index in [9.17, 15) is 18.4 Å². The maximum atomic E-state index is 14.6. The number of benzene rings is 2. The van der Waals surface area contributed by atoms with Crippen LogP contribution in [0.5, 0.6) is 11.5 Å². The maximum absolute atomic E-state index is 14.6. The number of pyridine rings is 2. The first-order valence-corrected chi connectivity index (χ1v) is 12.4. The second kappa shape index (κ2) is 8.83. The lowest BCUT2D eigenvalue weighted by Gasteiger charge is -2.17. The van der Waals surface area contributed by atoms with Gasteiger partial charge in [-0.3, -0.25) is 9.59 Å². The van der Waals surface area contributed by atoms with Crippen LogP contribution in [0.1, 0.15) is 30.0 Å². The first kappa shape index (κ1) is 23.9. The highest BCUT2D eigenvalue weighted by atomic mass is 19.2. The second-order valence-electron chi connectivity index (χ2n) is 9.88. The highest BCUT2D eigenvalue weighted by molar-refractivity contribution is 5.98. The number of aryl methyl sites for hydroxylation is 3. The third-order valence-corrected chi connectivity index (χ3v) is 7.10. The van der Waals surface area contributed by atoms with Crippen LogP contribution >= 0.6 is 0 Å². The molecule has 3 heterocycles. The fourth-order valence-corrected chi connectivity index (χ4v) is 4.93. The SMILES string of the molecule is Cc1cccc(C)c1Oc1cn(C2CC2)c(=O)cc1-c1cn(C)c(=O)c2[nH]c(-c3cccc(F)c3F)cc12. The van der Waals surface area contributed by atoms with Crippen molar-refractivity contribution in [2.45, 2.75) is 32.7 Å². The fourth-order valence-electron chi connectivity index (χ4n) is 4.93. The van der Waals surface area contributed by atoms with Crippen molar-refractivity contribution in [2.24, 2.45) is 7.05 Å². The number of rotatable bonds is 5. The lowest BCUT2D eigenvalue weighted by Crippen LogP contribution is -2.19. The molecule has 0 unspecified atom stereocenters. The van der Waals surface area contributed by atoms with Gasteiger partial charge < -0.3 is 18.9 Å². The number of halogens is 2. The Hall–Kier alpha value is -4.46. The van der Waals surface area contributed by atoms with Gasteiger partial charge in [-0.25, -0.2) is 8.78 Å². The van der Waals surface area contributed by atoms with E-state index in [1.807, 2.05) is 32.0 Å². The Bertz CT molecular complexity index is 1840. The van der Waals surface area contributed by atoms with Crippen LogP contribution in [0, 0.1) is 25.5 Å². The molecule has 0 amide bonds. The predicted octanol–water partition coefficient (Wildman–Crippen LogP) is 6.38. The molecular formula is C30H25F2N3O3. The molecule has 5 aromatic rings. The summed E-state index contributed by atoms with van der Waals surface area (Å²) in [7, 11) is 1.60. The highest BCUT2D eigenvalue weighted by Crippen LogP contribution is 2.41. The highest BCUT2D eigenvalue weighted by Gasteiger charge is 2.27. The Balaban J connectivity index is 1.61. The molecule has 192 valence electrons. The molecular weight excluding hydrogens is 488 g/mol. The van der Waals surface area contributed by atoms with Crippen LogP contribution in [0.2, 0.25) is 0 Å². The first-order valence-electron chi connectivity index (χ1n) is 12.4. The zero-order chi connectivity index (χ0) is 26.7. The summed E-state index contributed by atoms with van der Waals surface area (Å²) in [5.74, 6) is -0.841. The average molecular weight is 514 g/mol. The van der Waals surface area contributed by atoms with Gasteiger partial charge in [0.2, 0.25) is 0 Å². The predicted molar refractivity (Wildman–Crippen MR) is 143 cm³/mol. The number of H-pyrrole nitrogens is 1. The summed E-state index contributed by atoms with van der Waals surface area (Å²) in [6.07, 6.45) is 5.22. The Morgan fingerprint density at radius 2 is 1.63 bits per heavy atom. The normalized spacial score (nSPS) is 13.3. The molecule has 8 heteroatoms. The molecule has 38 heavy (non-hydrogen) atoms. The van der Waals surface area contributed by atoms with E-state index in [2.05, 4.69) is 4.98 Å². The molecule has 0 aliphatic heterocycles. The third-order valence-electron chi connectivity index (χ3n) is 7.10. The summed E-state index contributed by atoms with van der Waals surface area (Å²) >= 11 is 0. The van der Waals surface area contributed by atoms with Gasteiger partial charge in [0.1, 0.15) is 11.3 Å². The zero-order valence-electron chi connectivity index (χ0n) is 21.1. The summed E-state index contributed by atoms with van der Waals surface area (Å²) < 4.78 is 38.2. The molecule has 6 nitrogen and oxygen atoms in total. The summed E-state index contributed by atoms with van der Waals surface area (Å²) in [6.45, 7) is 3.91. The molecule has 0 saturated heterocycles. The lowest BCUT2D eigenvalue weighted by molar-refractivity contribution is 0.467. The van der Waals surface area contributed by atoms with Crippen LogP contribution in [-0.2, 0) is 7.05 Å². The summed E-state index contributed by atoms with van der Waals surface area (Å²) in [4.78, 5) is 29.2. The van der Waals surface area contributed by atoms with Crippen molar-refractivity contribution in [1.82, 2.24) is 14.1 Å². The number of ether oxygens (including phenoxy) is 1. The van der Waals surface area contributed by atoms with Crippen molar-refractivity contribution in [3.05, 3.63) is 104 Å². The Labute approximate surface area is 216 Å². The minimum atomic E-state index is -1.01. The van der Waals surface area contributed by atoms with E-state index in [1.54, 1.807) is 30.1 Å². The quantitative estimate of drug-likeness (QED) is 0.296. The number of para-hydroxylation sites is 1. The number of aromatic nitrogens is 3. The van der Waals surface area contributed by atoms with Crippen molar-refractivity contribution in [1.29, 1.82) is 0 Å². The molecule has 3 aromatic heterocycles. The standard InChI is InChI=1S/C30H25F2N3O3/c1-16-6-4-7-17(2)29(16)38-25-15-35(18-10-11-18)26(36)13-20(25)22-14-34(3)30(37)28-21(22)12-24(33-28)19-8-5-9-23(31)27(19)32/h4-9,12-15,18,33H,10-11H2,1-3H3. The molecule has 2 aromatic carbocycles. The van der Waals surface area contributed by atoms with Gasteiger partial charge in [0, 0.05) is 53.1 Å². The van der Waals surface area contributed by atoms with E-state index in [1.165, 1.54) is 22.8 Å². The molecule has 1 aliphatic carbocycles. The van der Waals surface area contributed by atoms with E-state index in [-0.39, 0.29) is 33.9 Å². The minimum Gasteiger partial charge on any atom is -0.455 e. The van der Waals surface area contributed by atoms with Gasteiger partial charge >= 0.3 is 0 Å². The molecule has 0 spiro atoms. The largest absolute Gasteiger partial charge is 0.455 e. The van der Waals surface area contributed by atoms with Crippen molar-refractivity contribution in [3.8, 4) is 33.9 Å². The van der Waals surface area contributed by atoms with Gasteiger partial charge in [-0.1, -0.05) is 24.3 Å². The molecule has 1 fully saturated rings. The molecule has 0 atom stereocenters. The number of nitrogens with one attached hydrogen (secondary N) is 1. The van der Waals surface area contributed by atoms with Crippen molar-refractivity contribution in [2.75, 3.05) is 0 Å². The van der Waals surface area contributed by atoms with E-state index in [0.29, 0.717) is 28.0 Å².